The van der Waals surface area contributed by atoms with Gasteiger partial charge in [0.1, 0.15) is 5.75 Å². The molecule has 1 N–H and O–H groups in total. The second-order valence-corrected chi connectivity index (χ2v) is 7.24. The second kappa shape index (κ2) is 8.81. The van der Waals surface area contributed by atoms with E-state index in [4.69, 9.17) is 4.74 Å². The summed E-state index contributed by atoms with van der Waals surface area (Å²) in [7, 11) is 0. The highest BCUT2D eigenvalue weighted by Crippen LogP contribution is 2.29. The van der Waals surface area contributed by atoms with Crippen LogP contribution in [-0.4, -0.2) is 17.5 Å². The number of ether oxygens (including phenoxy) is 1. The van der Waals surface area contributed by atoms with Crippen molar-refractivity contribution in [3.63, 3.8) is 0 Å². The third-order valence-corrected chi connectivity index (χ3v) is 5.24. The van der Waals surface area contributed by atoms with Crippen molar-refractivity contribution in [2.75, 3.05) is 11.9 Å². The fourth-order valence-corrected chi connectivity index (χ4v) is 3.85. The summed E-state index contributed by atoms with van der Waals surface area (Å²) in [6, 6.07) is 7.77. The van der Waals surface area contributed by atoms with Crippen LogP contribution in [0.3, 0.4) is 0 Å². The van der Waals surface area contributed by atoms with Gasteiger partial charge in [-0.2, -0.15) is 0 Å². The van der Waals surface area contributed by atoms with Gasteiger partial charge >= 0.3 is 0 Å². The van der Waals surface area contributed by atoms with Crippen molar-refractivity contribution >= 4 is 28.5 Å². The predicted octanol–water partition coefficient (Wildman–Crippen LogP) is 4.85. The summed E-state index contributed by atoms with van der Waals surface area (Å²) >= 11 is 1.60. The van der Waals surface area contributed by atoms with Gasteiger partial charge in [0.25, 0.3) is 0 Å². The van der Waals surface area contributed by atoms with Gasteiger partial charge in [0.15, 0.2) is 5.13 Å². The van der Waals surface area contributed by atoms with Crippen molar-refractivity contribution in [2.24, 2.45) is 0 Å². The fourth-order valence-electron chi connectivity index (χ4n) is 2.79. The fraction of sp³-hybridized carbons (Fsp3) is 0.400. The molecule has 1 aliphatic carbocycles. The molecule has 2 aromatic rings. The third-order valence-electron chi connectivity index (χ3n) is 4.16. The van der Waals surface area contributed by atoms with Crippen LogP contribution < -0.4 is 10.1 Å². The number of rotatable bonds is 7. The van der Waals surface area contributed by atoms with Crippen molar-refractivity contribution < 1.29 is 9.53 Å². The lowest BCUT2D eigenvalue weighted by Crippen LogP contribution is -2.07. The first-order valence-corrected chi connectivity index (χ1v) is 9.77. The number of hydrogen-bond donors (Lipinski definition) is 1. The molecule has 3 rings (SSSR count). The third kappa shape index (κ3) is 4.92. The van der Waals surface area contributed by atoms with Crippen LogP contribution in [0.5, 0.6) is 5.75 Å². The van der Waals surface area contributed by atoms with Crippen molar-refractivity contribution in [3.05, 3.63) is 46.5 Å². The number of amides is 1. The summed E-state index contributed by atoms with van der Waals surface area (Å²) in [5, 5.41) is 3.58. The van der Waals surface area contributed by atoms with Gasteiger partial charge in [0, 0.05) is 16.5 Å². The normalized spacial score (nSPS) is 13.6. The number of nitrogens with one attached hydrogen (secondary N) is 1. The summed E-state index contributed by atoms with van der Waals surface area (Å²) in [5.74, 6) is 0.652. The van der Waals surface area contributed by atoms with E-state index in [1.807, 2.05) is 24.3 Å². The Balaban J connectivity index is 1.61. The molecular weight excluding hydrogens is 332 g/mol. The number of aryl methyl sites for hydroxylation is 2. The molecule has 0 fully saturated rings. The lowest BCUT2D eigenvalue weighted by molar-refractivity contribution is -0.111. The molecule has 1 aromatic heterocycles. The average Bonchev–Trinajstić information content (AvgIpc) is 3.03. The van der Waals surface area contributed by atoms with Crippen molar-refractivity contribution in [2.45, 2.75) is 45.4 Å². The topological polar surface area (TPSA) is 51.2 Å². The maximum absolute atomic E-state index is 12.2. The zero-order chi connectivity index (χ0) is 17.5. The molecule has 132 valence electrons. The lowest BCUT2D eigenvalue weighted by Gasteiger charge is -2.08. The summed E-state index contributed by atoms with van der Waals surface area (Å²) in [6.07, 6.45) is 9.98. The second-order valence-electron chi connectivity index (χ2n) is 6.16. The van der Waals surface area contributed by atoms with Gasteiger partial charge in [-0.05, 0) is 44.2 Å². The van der Waals surface area contributed by atoms with Gasteiger partial charge in [-0.3, -0.25) is 10.1 Å². The molecule has 0 radical (unpaired) electrons. The van der Waals surface area contributed by atoms with Crippen molar-refractivity contribution in [3.8, 4) is 5.75 Å². The summed E-state index contributed by atoms with van der Waals surface area (Å²) in [4.78, 5) is 18.1. The van der Waals surface area contributed by atoms with Crippen LogP contribution in [0.4, 0.5) is 5.13 Å². The highest BCUT2D eigenvalue weighted by Gasteiger charge is 2.15. The number of unbranched alkanes of at least 4 members (excludes halogenated alkanes) is 1. The predicted molar refractivity (Wildman–Crippen MR) is 103 cm³/mol. The van der Waals surface area contributed by atoms with Crippen LogP contribution in [0.2, 0.25) is 0 Å². The van der Waals surface area contributed by atoms with E-state index in [9.17, 15) is 4.79 Å². The maximum atomic E-state index is 12.2. The Morgan fingerprint density at radius 1 is 1.32 bits per heavy atom. The maximum Gasteiger partial charge on any atom is 0.250 e. The van der Waals surface area contributed by atoms with Crippen LogP contribution in [-0.2, 0) is 17.6 Å². The Bertz CT molecular complexity index is 728. The van der Waals surface area contributed by atoms with E-state index < -0.39 is 0 Å². The molecule has 1 heterocycles. The van der Waals surface area contributed by atoms with Gasteiger partial charge in [0.05, 0.1) is 12.3 Å². The summed E-state index contributed by atoms with van der Waals surface area (Å²) in [5.41, 5.74) is 2.07. The number of carbonyl (C=O) groups excluding carboxylic acids is 1. The Hall–Kier alpha value is -2.14. The Morgan fingerprint density at radius 3 is 3.00 bits per heavy atom. The van der Waals surface area contributed by atoms with Gasteiger partial charge in [-0.25, -0.2) is 4.98 Å². The van der Waals surface area contributed by atoms with E-state index in [-0.39, 0.29) is 5.91 Å². The van der Waals surface area contributed by atoms with Gasteiger partial charge in [-0.1, -0.05) is 31.5 Å². The molecule has 1 amide bonds. The number of anilines is 1. The average molecular weight is 356 g/mol. The number of thiazole rings is 1. The molecule has 0 unspecified atom stereocenters. The van der Waals surface area contributed by atoms with E-state index >= 15 is 0 Å². The molecule has 1 aromatic carbocycles. The molecule has 0 aliphatic heterocycles. The molecule has 0 saturated carbocycles. The highest BCUT2D eigenvalue weighted by molar-refractivity contribution is 7.15. The first-order chi connectivity index (χ1) is 12.3. The Kier molecular flexibility index (Phi) is 6.23. The van der Waals surface area contributed by atoms with Crippen LogP contribution in [0.25, 0.3) is 6.08 Å². The van der Waals surface area contributed by atoms with Gasteiger partial charge in [0.2, 0.25) is 5.91 Å². The number of fused-ring (bicyclic) bond motifs is 1. The first kappa shape index (κ1) is 17.7. The minimum Gasteiger partial charge on any atom is -0.493 e. The van der Waals surface area contributed by atoms with Crippen LogP contribution in [0, 0.1) is 0 Å². The molecule has 25 heavy (non-hydrogen) atoms. The summed E-state index contributed by atoms with van der Waals surface area (Å²) in [6.45, 7) is 2.83. The monoisotopic (exact) mass is 356 g/mol. The van der Waals surface area contributed by atoms with Gasteiger partial charge in [-0.15, -0.1) is 11.3 Å². The molecule has 1 aliphatic rings. The zero-order valence-electron chi connectivity index (χ0n) is 14.6. The Labute approximate surface area is 152 Å². The highest BCUT2D eigenvalue weighted by atomic mass is 32.1. The SMILES string of the molecule is CCCCOc1ccccc1C=CC(=O)Nc1nc2c(s1)CCCC2. The van der Waals surface area contributed by atoms with Crippen molar-refractivity contribution in [1.29, 1.82) is 0 Å². The zero-order valence-corrected chi connectivity index (χ0v) is 15.4. The smallest absolute Gasteiger partial charge is 0.250 e. The number of carbonyl (C=O) groups is 1. The molecule has 0 saturated heterocycles. The van der Waals surface area contributed by atoms with E-state index in [1.54, 1.807) is 23.5 Å². The minimum atomic E-state index is -0.158. The molecule has 0 atom stereocenters. The van der Waals surface area contributed by atoms with E-state index in [2.05, 4.69) is 17.2 Å². The largest absolute Gasteiger partial charge is 0.493 e. The minimum absolute atomic E-state index is 0.158. The van der Waals surface area contributed by atoms with Crippen LogP contribution in [0.1, 0.15) is 48.7 Å². The molecule has 0 bridgehead atoms. The summed E-state index contributed by atoms with van der Waals surface area (Å²) < 4.78 is 5.79. The van der Waals surface area contributed by atoms with E-state index in [0.717, 1.165) is 42.7 Å². The molecule has 0 spiro atoms. The van der Waals surface area contributed by atoms with E-state index in [0.29, 0.717) is 11.7 Å². The number of benzene rings is 1. The molecule has 5 heteroatoms. The number of hydrogen-bond acceptors (Lipinski definition) is 4. The van der Waals surface area contributed by atoms with Gasteiger partial charge < -0.3 is 4.74 Å². The van der Waals surface area contributed by atoms with Crippen molar-refractivity contribution in [1.82, 2.24) is 4.98 Å². The first-order valence-electron chi connectivity index (χ1n) is 8.95. The molecule has 4 nitrogen and oxygen atoms in total. The lowest BCUT2D eigenvalue weighted by atomic mass is 10.0. The number of nitrogens with zero attached hydrogens (tertiary/aromatic N) is 1. The quantitative estimate of drug-likeness (QED) is 0.570. The Morgan fingerprint density at radius 2 is 2.16 bits per heavy atom. The standard InChI is InChI=1S/C20H24N2O2S/c1-2-3-14-24-17-10-6-4-8-15(17)12-13-19(23)22-20-21-16-9-5-7-11-18(16)25-20/h4,6,8,10,12-13H,2-3,5,7,9,11,14H2,1H3,(H,21,22,23). The number of aromatic nitrogens is 1. The van der Waals surface area contributed by atoms with Crippen LogP contribution >= 0.6 is 11.3 Å². The molecular formula is C20H24N2O2S. The van der Waals surface area contributed by atoms with E-state index in [1.165, 1.54) is 17.7 Å². The number of para-hydroxylation sites is 1. The van der Waals surface area contributed by atoms with Crippen LogP contribution in [0.15, 0.2) is 30.3 Å².